The van der Waals surface area contributed by atoms with Crippen LogP contribution in [0.4, 0.5) is 0 Å². The van der Waals surface area contributed by atoms with E-state index in [0.717, 1.165) is 4.90 Å². The van der Waals surface area contributed by atoms with Crippen LogP contribution in [0.1, 0.15) is 33.6 Å². The smallest absolute Gasteiger partial charge is 0.262 e. The Balaban J connectivity index is 1.86. The number of nitrogens with zero attached hydrogens (tertiary/aromatic N) is 1. The number of piperidine rings is 1. The van der Waals surface area contributed by atoms with Crippen molar-refractivity contribution in [3.63, 3.8) is 0 Å². The molecule has 3 rings (SSSR count). The van der Waals surface area contributed by atoms with Crippen LogP contribution >= 0.6 is 0 Å². The van der Waals surface area contributed by atoms with Crippen LogP contribution in [0.15, 0.2) is 18.2 Å². The van der Waals surface area contributed by atoms with Gasteiger partial charge in [-0.3, -0.25) is 34.2 Å². The van der Waals surface area contributed by atoms with E-state index < -0.39 is 35.6 Å². The lowest BCUT2D eigenvalue weighted by Gasteiger charge is -2.27. The van der Waals surface area contributed by atoms with E-state index in [0.29, 0.717) is 0 Å². The molecule has 1 atom stereocenters. The standard InChI is InChI=1S/C15H13N3O6/c16-11(19)6-24-7-1-2-8-9(5-7)15(23)18(14(8)22)10-3-4-12(20)17-13(10)21/h1-2,5,10H,3-4,6H2,(H2,16,19)(H,17,20,21). The molecular weight excluding hydrogens is 318 g/mol. The van der Waals surface area contributed by atoms with Crippen molar-refractivity contribution in [1.82, 2.24) is 10.2 Å². The summed E-state index contributed by atoms with van der Waals surface area (Å²) in [6, 6.07) is 3.12. The van der Waals surface area contributed by atoms with Gasteiger partial charge >= 0.3 is 0 Å². The van der Waals surface area contributed by atoms with E-state index in [9.17, 15) is 24.0 Å². The third kappa shape index (κ3) is 2.60. The van der Waals surface area contributed by atoms with Gasteiger partial charge in [-0.25, -0.2) is 0 Å². The average molecular weight is 331 g/mol. The van der Waals surface area contributed by atoms with Gasteiger partial charge in [0.05, 0.1) is 11.1 Å². The lowest BCUT2D eigenvalue weighted by molar-refractivity contribution is -0.136. The molecule has 124 valence electrons. The molecule has 0 bridgehead atoms. The van der Waals surface area contributed by atoms with Crippen molar-refractivity contribution in [1.29, 1.82) is 0 Å². The van der Waals surface area contributed by atoms with E-state index in [1.165, 1.54) is 18.2 Å². The van der Waals surface area contributed by atoms with E-state index >= 15 is 0 Å². The SMILES string of the molecule is NC(=O)COc1ccc2c(c1)C(=O)N(C1CCC(=O)NC1=O)C2=O. The Hall–Kier alpha value is -3.23. The topological polar surface area (TPSA) is 136 Å². The Bertz CT molecular complexity index is 787. The molecule has 2 heterocycles. The van der Waals surface area contributed by atoms with Gasteiger partial charge in [0.1, 0.15) is 11.8 Å². The Kier molecular flexibility index (Phi) is 3.76. The molecule has 0 aromatic heterocycles. The third-order valence-electron chi connectivity index (χ3n) is 3.79. The fourth-order valence-electron chi connectivity index (χ4n) is 2.69. The minimum Gasteiger partial charge on any atom is -0.484 e. The van der Waals surface area contributed by atoms with Crippen molar-refractivity contribution in [2.24, 2.45) is 5.73 Å². The molecule has 24 heavy (non-hydrogen) atoms. The van der Waals surface area contributed by atoms with Crippen LogP contribution in [-0.4, -0.2) is 47.1 Å². The van der Waals surface area contributed by atoms with Crippen molar-refractivity contribution >= 4 is 29.5 Å². The molecule has 2 aliphatic rings. The highest BCUT2D eigenvalue weighted by Gasteiger charge is 2.44. The van der Waals surface area contributed by atoms with Crippen LogP contribution in [0.2, 0.25) is 0 Å². The van der Waals surface area contributed by atoms with Gasteiger partial charge < -0.3 is 10.5 Å². The first-order valence-corrected chi connectivity index (χ1v) is 7.15. The first-order chi connectivity index (χ1) is 11.4. The number of nitrogens with one attached hydrogen (secondary N) is 1. The zero-order valence-electron chi connectivity index (χ0n) is 12.4. The molecule has 1 aromatic carbocycles. The number of carbonyl (C=O) groups is 5. The van der Waals surface area contributed by atoms with Gasteiger partial charge in [0.15, 0.2) is 6.61 Å². The van der Waals surface area contributed by atoms with Gasteiger partial charge in [0, 0.05) is 6.42 Å². The Morgan fingerprint density at radius 2 is 1.92 bits per heavy atom. The lowest BCUT2D eigenvalue weighted by Crippen LogP contribution is -2.54. The molecule has 9 heteroatoms. The molecule has 0 spiro atoms. The summed E-state index contributed by atoms with van der Waals surface area (Å²) in [5.41, 5.74) is 5.19. The third-order valence-corrected chi connectivity index (χ3v) is 3.79. The normalized spacial score (nSPS) is 20.0. The first-order valence-electron chi connectivity index (χ1n) is 7.15. The Morgan fingerprint density at radius 3 is 2.58 bits per heavy atom. The molecule has 0 aliphatic carbocycles. The maximum absolute atomic E-state index is 12.5. The number of amides is 5. The Morgan fingerprint density at radius 1 is 1.21 bits per heavy atom. The second kappa shape index (κ2) is 5.76. The summed E-state index contributed by atoms with van der Waals surface area (Å²) in [6.07, 6.45) is 0.137. The van der Waals surface area contributed by atoms with E-state index in [-0.39, 0.29) is 36.3 Å². The van der Waals surface area contributed by atoms with Crippen molar-refractivity contribution < 1.29 is 28.7 Å². The number of rotatable bonds is 4. The van der Waals surface area contributed by atoms with Crippen LogP contribution in [0.3, 0.4) is 0 Å². The molecule has 0 radical (unpaired) electrons. The number of carbonyl (C=O) groups excluding carboxylic acids is 5. The zero-order valence-corrected chi connectivity index (χ0v) is 12.4. The van der Waals surface area contributed by atoms with Crippen LogP contribution in [0.25, 0.3) is 0 Å². The van der Waals surface area contributed by atoms with Gasteiger partial charge in [-0.05, 0) is 24.6 Å². The maximum Gasteiger partial charge on any atom is 0.262 e. The minimum atomic E-state index is -1.02. The van der Waals surface area contributed by atoms with E-state index in [1.807, 2.05) is 0 Å². The largest absolute Gasteiger partial charge is 0.484 e. The van der Waals surface area contributed by atoms with Crippen molar-refractivity contribution in [3.05, 3.63) is 29.3 Å². The molecule has 3 N–H and O–H groups in total. The van der Waals surface area contributed by atoms with Crippen LogP contribution in [0.5, 0.6) is 5.75 Å². The summed E-state index contributed by atoms with van der Waals surface area (Å²) in [5, 5.41) is 2.12. The molecule has 0 saturated carbocycles. The van der Waals surface area contributed by atoms with E-state index in [4.69, 9.17) is 10.5 Å². The monoisotopic (exact) mass is 331 g/mol. The maximum atomic E-state index is 12.5. The number of hydrogen-bond donors (Lipinski definition) is 2. The highest BCUT2D eigenvalue weighted by atomic mass is 16.5. The van der Waals surface area contributed by atoms with Gasteiger partial charge in [-0.1, -0.05) is 0 Å². The number of benzene rings is 1. The van der Waals surface area contributed by atoms with Crippen molar-refractivity contribution in [3.8, 4) is 5.75 Å². The van der Waals surface area contributed by atoms with E-state index in [2.05, 4.69) is 5.32 Å². The number of fused-ring (bicyclic) bond motifs is 1. The second-order valence-corrected chi connectivity index (χ2v) is 5.41. The molecule has 9 nitrogen and oxygen atoms in total. The highest BCUT2D eigenvalue weighted by molar-refractivity contribution is 6.23. The minimum absolute atomic E-state index is 0.0524. The molecule has 1 aromatic rings. The molecular formula is C15H13N3O6. The lowest BCUT2D eigenvalue weighted by atomic mass is 10.0. The second-order valence-electron chi connectivity index (χ2n) is 5.41. The fourth-order valence-corrected chi connectivity index (χ4v) is 2.69. The molecule has 5 amide bonds. The summed E-state index contributed by atoms with van der Waals surface area (Å²) in [4.78, 5) is 59.7. The average Bonchev–Trinajstić information content (AvgIpc) is 2.77. The van der Waals surface area contributed by atoms with Gasteiger partial charge in [0.2, 0.25) is 11.8 Å². The molecule has 1 fully saturated rings. The summed E-state index contributed by atoms with van der Waals surface area (Å²) >= 11 is 0. The van der Waals surface area contributed by atoms with Crippen LogP contribution < -0.4 is 15.8 Å². The quantitative estimate of drug-likeness (QED) is 0.676. The van der Waals surface area contributed by atoms with Gasteiger partial charge in [0.25, 0.3) is 17.7 Å². The van der Waals surface area contributed by atoms with Crippen LogP contribution in [0, 0.1) is 0 Å². The molecule has 1 unspecified atom stereocenters. The summed E-state index contributed by atoms with van der Waals surface area (Å²) < 4.78 is 5.11. The summed E-state index contributed by atoms with van der Waals surface area (Å²) in [6.45, 7) is -0.363. The van der Waals surface area contributed by atoms with Gasteiger partial charge in [-0.2, -0.15) is 0 Å². The zero-order chi connectivity index (χ0) is 17.4. The highest BCUT2D eigenvalue weighted by Crippen LogP contribution is 2.30. The number of primary amides is 1. The van der Waals surface area contributed by atoms with Crippen LogP contribution in [-0.2, 0) is 14.4 Å². The number of nitrogens with two attached hydrogens (primary N) is 1. The predicted octanol–water partition coefficient (Wildman–Crippen LogP) is -1.05. The summed E-state index contributed by atoms with van der Waals surface area (Å²) in [5.74, 6) is -2.83. The number of hydrogen-bond acceptors (Lipinski definition) is 6. The predicted molar refractivity (Wildman–Crippen MR) is 77.8 cm³/mol. The Labute approximate surface area is 135 Å². The molecule has 1 saturated heterocycles. The van der Waals surface area contributed by atoms with E-state index in [1.54, 1.807) is 0 Å². The first kappa shape index (κ1) is 15.7. The number of imide groups is 2. The molecule has 2 aliphatic heterocycles. The number of ether oxygens (including phenoxy) is 1. The van der Waals surface area contributed by atoms with Crippen molar-refractivity contribution in [2.75, 3.05) is 6.61 Å². The van der Waals surface area contributed by atoms with Crippen molar-refractivity contribution in [2.45, 2.75) is 18.9 Å². The van der Waals surface area contributed by atoms with Gasteiger partial charge in [-0.15, -0.1) is 0 Å². The summed E-state index contributed by atoms with van der Waals surface area (Å²) in [7, 11) is 0. The fraction of sp³-hybridized carbons (Fsp3) is 0.267.